The van der Waals surface area contributed by atoms with Gasteiger partial charge in [-0.3, -0.25) is 9.59 Å². The van der Waals surface area contributed by atoms with E-state index >= 15 is 0 Å². The number of carbonyl (C=O) groups is 2. The van der Waals surface area contributed by atoms with E-state index in [1.54, 1.807) is 32.0 Å². The van der Waals surface area contributed by atoms with E-state index in [4.69, 9.17) is 4.74 Å². The molecule has 1 aromatic heterocycles. The van der Waals surface area contributed by atoms with Crippen molar-refractivity contribution in [3.8, 4) is 16.9 Å². The zero-order valence-corrected chi connectivity index (χ0v) is 19.4. The highest BCUT2D eigenvalue weighted by molar-refractivity contribution is 5.91. The number of esters is 1. The van der Waals surface area contributed by atoms with Crippen LogP contribution in [0.5, 0.6) is 5.75 Å². The largest absolute Gasteiger partial charge is 0.505 e. The van der Waals surface area contributed by atoms with Crippen molar-refractivity contribution in [3.05, 3.63) is 81.8 Å². The van der Waals surface area contributed by atoms with Crippen LogP contribution < -0.4 is 16.2 Å². The molecule has 2 aromatic carbocycles. The number of anilines is 1. The van der Waals surface area contributed by atoms with Crippen molar-refractivity contribution in [1.82, 2.24) is 9.88 Å². The van der Waals surface area contributed by atoms with Crippen LogP contribution in [0.1, 0.15) is 30.5 Å². The number of pyridine rings is 1. The molecule has 3 rings (SSSR count). The number of benzene rings is 2. The number of amides is 2. The first-order chi connectivity index (χ1) is 16.6. The number of aromatic nitrogens is 1. The maximum Gasteiger partial charge on any atom is 0.319 e. The number of hydrogen-bond donors (Lipinski definition) is 3. The Balaban J connectivity index is 1.93. The molecule has 8 nitrogen and oxygen atoms in total. The molecular weight excluding hydrogens is 460 g/mol. The molecule has 2 amide bonds. The van der Waals surface area contributed by atoms with Crippen LogP contribution in [-0.4, -0.2) is 28.3 Å². The molecule has 1 atom stereocenters. The van der Waals surface area contributed by atoms with Gasteiger partial charge in [-0.05, 0) is 49.2 Å². The predicted molar refractivity (Wildman–Crippen MR) is 126 cm³/mol. The molecule has 1 heterocycles. The highest BCUT2D eigenvalue weighted by Gasteiger charge is 2.22. The topological polar surface area (TPSA) is 110 Å². The maximum atomic E-state index is 14.3. The van der Waals surface area contributed by atoms with Crippen molar-refractivity contribution in [1.29, 1.82) is 0 Å². The molecule has 0 aliphatic heterocycles. The van der Waals surface area contributed by atoms with Gasteiger partial charge >= 0.3 is 12.0 Å². The molecule has 0 fully saturated rings. The average Bonchev–Trinajstić information content (AvgIpc) is 2.82. The van der Waals surface area contributed by atoms with Crippen molar-refractivity contribution < 1.29 is 28.2 Å². The summed E-state index contributed by atoms with van der Waals surface area (Å²) in [6.07, 6.45) is 1.15. The third-order valence-electron chi connectivity index (χ3n) is 5.28. The molecule has 184 valence electrons. The molecule has 0 aliphatic carbocycles. The lowest BCUT2D eigenvalue weighted by Crippen LogP contribution is -2.36. The zero-order valence-electron chi connectivity index (χ0n) is 19.4. The minimum absolute atomic E-state index is 0.0133. The summed E-state index contributed by atoms with van der Waals surface area (Å²) in [5.74, 6) is -2.24. The van der Waals surface area contributed by atoms with Gasteiger partial charge in [0.25, 0.3) is 5.56 Å². The molecular formula is C25H25F2N3O5. The van der Waals surface area contributed by atoms with Gasteiger partial charge in [0.05, 0.1) is 19.1 Å². The van der Waals surface area contributed by atoms with E-state index in [2.05, 4.69) is 10.6 Å². The van der Waals surface area contributed by atoms with Gasteiger partial charge in [-0.15, -0.1) is 0 Å². The number of nitrogens with zero attached hydrogens (tertiary/aromatic N) is 1. The van der Waals surface area contributed by atoms with Crippen molar-refractivity contribution in [2.75, 3.05) is 11.9 Å². The van der Waals surface area contributed by atoms with Gasteiger partial charge in [-0.1, -0.05) is 18.2 Å². The summed E-state index contributed by atoms with van der Waals surface area (Å²) < 4.78 is 34.2. The standard InChI is InChI=1S/C25H25F2N3O5/c1-4-35-21(31)12-20(28-25(34)29-22-23(32)14(2)13-30(3)24(22)33)16-7-5-6-15(10-16)18-11-17(26)8-9-19(18)27/h5-11,13,20,32H,4,12H2,1-3H3,(H2,28,29,34)/t20-/m0/s1. The number of ether oxygens (including phenoxy) is 1. The monoisotopic (exact) mass is 485 g/mol. The van der Waals surface area contributed by atoms with Crippen LogP contribution in [0.15, 0.2) is 53.5 Å². The Morgan fingerprint density at radius 2 is 1.91 bits per heavy atom. The summed E-state index contributed by atoms with van der Waals surface area (Å²) in [7, 11) is 1.47. The number of aryl methyl sites for hydroxylation is 2. The normalized spacial score (nSPS) is 11.6. The minimum atomic E-state index is -0.943. The number of urea groups is 1. The van der Waals surface area contributed by atoms with E-state index in [9.17, 15) is 28.3 Å². The van der Waals surface area contributed by atoms with Crippen LogP contribution >= 0.6 is 0 Å². The number of hydrogen-bond acceptors (Lipinski definition) is 5. The van der Waals surface area contributed by atoms with Crippen molar-refractivity contribution in [2.24, 2.45) is 7.05 Å². The maximum absolute atomic E-state index is 14.3. The summed E-state index contributed by atoms with van der Waals surface area (Å²) in [6.45, 7) is 3.33. The number of aromatic hydroxyl groups is 1. The molecule has 0 spiro atoms. The van der Waals surface area contributed by atoms with Gasteiger partial charge in [0.1, 0.15) is 17.4 Å². The highest BCUT2D eigenvalue weighted by atomic mass is 19.1. The average molecular weight is 485 g/mol. The number of carbonyl (C=O) groups excluding carboxylic acids is 2. The summed E-state index contributed by atoms with van der Waals surface area (Å²) in [4.78, 5) is 37.4. The molecule has 0 radical (unpaired) electrons. The molecule has 3 N–H and O–H groups in total. The van der Waals surface area contributed by atoms with Gasteiger partial charge in [0, 0.05) is 24.4 Å². The Morgan fingerprint density at radius 3 is 2.63 bits per heavy atom. The van der Waals surface area contributed by atoms with E-state index in [1.165, 1.54) is 23.9 Å². The number of halogens is 2. The van der Waals surface area contributed by atoms with Crippen LogP contribution in [0.4, 0.5) is 19.3 Å². The summed E-state index contributed by atoms with van der Waals surface area (Å²) in [6, 6.07) is 7.52. The first-order valence-electron chi connectivity index (χ1n) is 10.8. The molecule has 0 bridgehead atoms. The number of nitrogens with one attached hydrogen (secondary N) is 2. The second kappa shape index (κ2) is 10.8. The van der Waals surface area contributed by atoms with Crippen LogP contribution in [0.3, 0.4) is 0 Å². The Bertz CT molecular complexity index is 1320. The summed E-state index contributed by atoms with van der Waals surface area (Å²) in [5, 5.41) is 15.2. The Kier molecular flexibility index (Phi) is 7.85. The molecule has 0 saturated heterocycles. The SMILES string of the molecule is CCOC(=O)C[C@H](NC(=O)Nc1c(O)c(C)cn(C)c1=O)c1cccc(-c2cc(F)ccc2F)c1. The van der Waals surface area contributed by atoms with Crippen molar-refractivity contribution in [2.45, 2.75) is 26.3 Å². The zero-order chi connectivity index (χ0) is 25.7. The third-order valence-corrected chi connectivity index (χ3v) is 5.28. The lowest BCUT2D eigenvalue weighted by molar-refractivity contribution is -0.143. The third kappa shape index (κ3) is 6.03. The van der Waals surface area contributed by atoms with Gasteiger partial charge in [0.15, 0.2) is 5.69 Å². The van der Waals surface area contributed by atoms with E-state index in [0.717, 1.165) is 18.2 Å². The van der Waals surface area contributed by atoms with Gasteiger partial charge in [-0.25, -0.2) is 13.6 Å². The first-order valence-corrected chi connectivity index (χ1v) is 10.8. The van der Waals surface area contributed by atoms with E-state index in [1.807, 2.05) is 0 Å². The quantitative estimate of drug-likeness (QED) is 0.436. The Labute approximate surface area is 200 Å². The highest BCUT2D eigenvalue weighted by Crippen LogP contribution is 2.28. The van der Waals surface area contributed by atoms with Crippen LogP contribution in [0, 0.1) is 18.6 Å². The van der Waals surface area contributed by atoms with Gasteiger partial charge in [0.2, 0.25) is 0 Å². The smallest absolute Gasteiger partial charge is 0.319 e. The second-order valence-corrected chi connectivity index (χ2v) is 7.86. The van der Waals surface area contributed by atoms with Crippen molar-refractivity contribution >= 4 is 17.7 Å². The van der Waals surface area contributed by atoms with Crippen LogP contribution in [-0.2, 0) is 16.6 Å². The van der Waals surface area contributed by atoms with E-state index in [-0.39, 0.29) is 30.0 Å². The Morgan fingerprint density at radius 1 is 1.17 bits per heavy atom. The fourth-order valence-corrected chi connectivity index (χ4v) is 3.59. The molecule has 35 heavy (non-hydrogen) atoms. The second-order valence-electron chi connectivity index (χ2n) is 7.86. The molecule has 3 aromatic rings. The predicted octanol–water partition coefficient (Wildman–Crippen LogP) is 4.16. The molecule has 0 aliphatic rings. The number of rotatable bonds is 7. The van der Waals surface area contributed by atoms with Crippen LogP contribution in [0.2, 0.25) is 0 Å². The lowest BCUT2D eigenvalue weighted by Gasteiger charge is -2.20. The summed E-state index contributed by atoms with van der Waals surface area (Å²) >= 11 is 0. The van der Waals surface area contributed by atoms with Crippen molar-refractivity contribution in [3.63, 3.8) is 0 Å². The Hall–Kier alpha value is -4.21. The minimum Gasteiger partial charge on any atom is -0.505 e. The summed E-state index contributed by atoms with van der Waals surface area (Å²) in [5.41, 5.74) is 0.176. The molecule has 10 heteroatoms. The van der Waals surface area contributed by atoms with E-state index in [0.29, 0.717) is 16.7 Å². The fraction of sp³-hybridized carbons (Fsp3) is 0.240. The molecule has 0 unspecified atom stereocenters. The van der Waals surface area contributed by atoms with Gasteiger partial charge in [-0.2, -0.15) is 0 Å². The molecule has 0 saturated carbocycles. The fourth-order valence-electron chi connectivity index (χ4n) is 3.59. The lowest BCUT2D eigenvalue weighted by atomic mass is 9.97. The van der Waals surface area contributed by atoms with Crippen LogP contribution in [0.25, 0.3) is 11.1 Å². The van der Waals surface area contributed by atoms with Gasteiger partial charge < -0.3 is 25.0 Å². The first kappa shape index (κ1) is 25.4. The van der Waals surface area contributed by atoms with E-state index < -0.39 is 35.2 Å².